The molecule has 1 amide bonds. The molecule has 0 radical (unpaired) electrons. The number of amides is 1. The largest absolute Gasteiger partial charge is 0.483 e. The van der Waals surface area contributed by atoms with E-state index in [-0.39, 0.29) is 18.6 Å². The summed E-state index contributed by atoms with van der Waals surface area (Å²) < 4.78 is 5.59. The van der Waals surface area contributed by atoms with Crippen molar-refractivity contribution in [2.75, 3.05) is 6.61 Å². The molecule has 21 heavy (non-hydrogen) atoms. The molecule has 0 unspecified atom stereocenters. The summed E-state index contributed by atoms with van der Waals surface area (Å²) >= 11 is 0. The molecule has 0 saturated carbocycles. The summed E-state index contributed by atoms with van der Waals surface area (Å²) in [7, 11) is 0. The number of carbonyl (C=O) groups excluding carboxylic acids is 1. The summed E-state index contributed by atoms with van der Waals surface area (Å²) in [6.45, 7) is 7.64. The lowest BCUT2D eigenvalue weighted by atomic mass is 10.1. The second-order valence-corrected chi connectivity index (χ2v) is 5.05. The molecule has 0 atom stereocenters. The van der Waals surface area contributed by atoms with E-state index in [0.29, 0.717) is 17.0 Å². The number of nitrogens with zero attached hydrogens (tertiary/aromatic N) is 1. The van der Waals surface area contributed by atoms with Crippen LogP contribution >= 0.6 is 0 Å². The van der Waals surface area contributed by atoms with Crippen LogP contribution in [0.5, 0.6) is 5.75 Å². The third-order valence-corrected chi connectivity index (χ3v) is 3.39. The fourth-order valence-corrected chi connectivity index (χ4v) is 2.01. The number of benzene rings is 1. The van der Waals surface area contributed by atoms with Gasteiger partial charge in [-0.15, -0.1) is 0 Å². The molecule has 0 aliphatic heterocycles. The number of rotatable bonds is 7. The zero-order valence-corrected chi connectivity index (χ0v) is 13.1. The highest BCUT2D eigenvalue weighted by molar-refractivity contribution is 6.00. The zero-order chi connectivity index (χ0) is 15.8. The van der Waals surface area contributed by atoms with Crippen molar-refractivity contribution in [3.05, 3.63) is 29.3 Å². The van der Waals surface area contributed by atoms with Crippen LogP contribution in [-0.4, -0.2) is 29.5 Å². The van der Waals surface area contributed by atoms with Crippen molar-refractivity contribution in [3.63, 3.8) is 0 Å². The molecule has 0 saturated heterocycles. The van der Waals surface area contributed by atoms with Gasteiger partial charge in [0.15, 0.2) is 6.61 Å². The van der Waals surface area contributed by atoms with Crippen LogP contribution in [0.15, 0.2) is 23.4 Å². The Hall–Kier alpha value is -2.04. The molecule has 0 fully saturated rings. The monoisotopic (exact) mass is 292 g/mol. The number of nitrogens with one attached hydrogen (secondary N) is 1. The van der Waals surface area contributed by atoms with Gasteiger partial charge < -0.3 is 15.3 Å². The van der Waals surface area contributed by atoms with Crippen LogP contribution in [0.1, 0.15) is 44.7 Å². The maximum Gasteiger partial charge on any atom is 0.258 e. The first kappa shape index (κ1) is 17.0. The third kappa shape index (κ3) is 5.10. The first-order valence-electron chi connectivity index (χ1n) is 7.23. The Bertz CT molecular complexity index is 508. The fourth-order valence-electron chi connectivity index (χ4n) is 2.01. The first-order valence-corrected chi connectivity index (χ1v) is 7.23. The summed E-state index contributed by atoms with van der Waals surface area (Å²) in [5, 5.41) is 15.0. The predicted octanol–water partition coefficient (Wildman–Crippen LogP) is 2.88. The van der Waals surface area contributed by atoms with Gasteiger partial charge in [0.2, 0.25) is 0 Å². The van der Waals surface area contributed by atoms with Gasteiger partial charge in [-0.2, -0.15) is 0 Å². The van der Waals surface area contributed by atoms with Gasteiger partial charge in [0.1, 0.15) is 5.75 Å². The molecule has 0 aliphatic carbocycles. The topological polar surface area (TPSA) is 70.9 Å². The summed E-state index contributed by atoms with van der Waals surface area (Å²) in [5.74, 6) is 0.403. The van der Waals surface area contributed by atoms with E-state index < -0.39 is 0 Å². The average Bonchev–Trinajstić information content (AvgIpc) is 2.49. The molecule has 0 aliphatic rings. The minimum absolute atomic E-state index is 0.0499. The van der Waals surface area contributed by atoms with Gasteiger partial charge in [0, 0.05) is 11.6 Å². The molecule has 1 aromatic carbocycles. The average molecular weight is 292 g/mol. The van der Waals surface area contributed by atoms with Crippen LogP contribution < -0.4 is 10.1 Å². The van der Waals surface area contributed by atoms with Gasteiger partial charge in [-0.1, -0.05) is 25.1 Å². The highest BCUT2D eigenvalue weighted by atomic mass is 16.5. The molecule has 0 spiro atoms. The quantitative estimate of drug-likeness (QED) is 0.461. The van der Waals surface area contributed by atoms with Gasteiger partial charge in [-0.3, -0.25) is 4.79 Å². The summed E-state index contributed by atoms with van der Waals surface area (Å²) in [4.78, 5) is 11.9. The minimum Gasteiger partial charge on any atom is -0.483 e. The number of hydrogen-bond donors (Lipinski definition) is 2. The van der Waals surface area contributed by atoms with Crippen LogP contribution in [0.3, 0.4) is 0 Å². The van der Waals surface area contributed by atoms with Crippen molar-refractivity contribution in [2.45, 2.75) is 46.6 Å². The second-order valence-electron chi connectivity index (χ2n) is 5.05. The van der Waals surface area contributed by atoms with Gasteiger partial charge >= 0.3 is 0 Å². The van der Waals surface area contributed by atoms with Crippen molar-refractivity contribution >= 4 is 11.6 Å². The van der Waals surface area contributed by atoms with E-state index in [1.807, 2.05) is 39.0 Å². The van der Waals surface area contributed by atoms with E-state index in [2.05, 4.69) is 10.5 Å². The first-order chi connectivity index (χ1) is 10.0. The normalized spacial score (nSPS) is 11.6. The number of hydrogen-bond acceptors (Lipinski definition) is 4. The Labute approximate surface area is 126 Å². The predicted molar refractivity (Wildman–Crippen MR) is 83.2 cm³/mol. The smallest absolute Gasteiger partial charge is 0.258 e. The Kier molecular flexibility index (Phi) is 6.72. The number of ether oxygens (including phenoxy) is 1. The SMILES string of the molecule is CCC(CC)NC(=O)COc1cc(C)ccc1C(C)=NO. The number of aryl methyl sites for hydroxylation is 1. The molecule has 2 N–H and O–H groups in total. The van der Waals surface area contributed by atoms with E-state index in [1.54, 1.807) is 6.92 Å². The van der Waals surface area contributed by atoms with Gasteiger partial charge in [-0.05, 0) is 44.4 Å². The molecule has 5 nitrogen and oxygen atoms in total. The standard InChI is InChI=1S/C16H24N2O3/c1-5-13(6-2)17-16(19)10-21-15-9-11(3)7-8-14(15)12(4)18-20/h7-9,13,20H,5-6,10H2,1-4H3,(H,17,19). The van der Waals surface area contributed by atoms with Crippen LogP contribution in [0.4, 0.5) is 0 Å². The molecule has 116 valence electrons. The number of carbonyl (C=O) groups is 1. The van der Waals surface area contributed by atoms with Crippen molar-refractivity contribution in [2.24, 2.45) is 5.16 Å². The molecule has 5 heteroatoms. The molecule has 0 aromatic heterocycles. The Morgan fingerprint density at radius 2 is 2.05 bits per heavy atom. The summed E-state index contributed by atoms with van der Waals surface area (Å²) in [6.07, 6.45) is 1.79. The van der Waals surface area contributed by atoms with Gasteiger partial charge in [0.25, 0.3) is 5.91 Å². The molecular weight excluding hydrogens is 268 g/mol. The molecular formula is C16H24N2O3. The van der Waals surface area contributed by atoms with Crippen LogP contribution in [0.2, 0.25) is 0 Å². The third-order valence-electron chi connectivity index (χ3n) is 3.39. The highest BCUT2D eigenvalue weighted by Crippen LogP contribution is 2.21. The second kappa shape index (κ2) is 8.29. The van der Waals surface area contributed by atoms with Crippen LogP contribution in [-0.2, 0) is 4.79 Å². The molecule has 1 aromatic rings. The maximum atomic E-state index is 11.9. The number of oxime groups is 1. The lowest BCUT2D eigenvalue weighted by molar-refractivity contribution is -0.123. The Morgan fingerprint density at radius 1 is 1.38 bits per heavy atom. The van der Waals surface area contributed by atoms with E-state index >= 15 is 0 Å². The zero-order valence-electron chi connectivity index (χ0n) is 13.1. The van der Waals surface area contributed by atoms with Crippen molar-refractivity contribution in [1.29, 1.82) is 0 Å². The van der Waals surface area contributed by atoms with Gasteiger partial charge in [-0.25, -0.2) is 0 Å². The lowest BCUT2D eigenvalue weighted by Crippen LogP contribution is -2.37. The van der Waals surface area contributed by atoms with Crippen molar-refractivity contribution in [3.8, 4) is 5.75 Å². The minimum atomic E-state index is -0.144. The maximum absolute atomic E-state index is 11.9. The van der Waals surface area contributed by atoms with E-state index in [9.17, 15) is 4.79 Å². The Balaban J connectivity index is 2.74. The van der Waals surface area contributed by atoms with Crippen molar-refractivity contribution in [1.82, 2.24) is 5.32 Å². The van der Waals surface area contributed by atoms with E-state index in [4.69, 9.17) is 9.94 Å². The highest BCUT2D eigenvalue weighted by Gasteiger charge is 2.12. The lowest BCUT2D eigenvalue weighted by Gasteiger charge is -2.16. The summed E-state index contributed by atoms with van der Waals surface area (Å²) in [5.41, 5.74) is 2.14. The summed E-state index contributed by atoms with van der Waals surface area (Å²) in [6, 6.07) is 5.73. The molecule has 1 rings (SSSR count). The molecule has 0 bridgehead atoms. The van der Waals surface area contributed by atoms with Crippen LogP contribution in [0, 0.1) is 6.92 Å². The van der Waals surface area contributed by atoms with Gasteiger partial charge in [0.05, 0.1) is 5.71 Å². The van der Waals surface area contributed by atoms with E-state index in [1.165, 1.54) is 0 Å². The molecule has 0 heterocycles. The fraction of sp³-hybridized carbons (Fsp3) is 0.500. The van der Waals surface area contributed by atoms with Crippen molar-refractivity contribution < 1.29 is 14.7 Å². The Morgan fingerprint density at radius 3 is 2.62 bits per heavy atom. The van der Waals surface area contributed by atoms with Crippen LogP contribution in [0.25, 0.3) is 0 Å². The van der Waals surface area contributed by atoms with E-state index in [0.717, 1.165) is 18.4 Å².